The molecule has 2 heterocycles. The summed E-state index contributed by atoms with van der Waals surface area (Å²) in [5.74, 6) is -1.63. The lowest BCUT2D eigenvalue weighted by Crippen LogP contribution is -2.20. The standard InChI is InChI=1S/C19H14F4N4/c1-11-3-2-4-13(9-11)16-10-15(12-5-7-14(20)8-6-12)24-18-25-17(19(21,22)23)26-27(16)18/h2-10,16H,1H3,(H,24,25,26)/t16-/m0/s1. The first-order valence-electron chi connectivity index (χ1n) is 8.16. The van der Waals surface area contributed by atoms with E-state index < -0.39 is 23.9 Å². The summed E-state index contributed by atoms with van der Waals surface area (Å²) in [5.41, 5.74) is 2.92. The molecular weight excluding hydrogens is 360 g/mol. The maximum absolute atomic E-state index is 13.2. The molecule has 0 fully saturated rings. The summed E-state index contributed by atoms with van der Waals surface area (Å²) in [6.45, 7) is 1.90. The first-order chi connectivity index (χ1) is 12.8. The summed E-state index contributed by atoms with van der Waals surface area (Å²) in [7, 11) is 0. The highest BCUT2D eigenvalue weighted by Crippen LogP contribution is 2.35. The van der Waals surface area contributed by atoms with Gasteiger partial charge in [0.1, 0.15) is 11.9 Å². The van der Waals surface area contributed by atoms with E-state index in [0.29, 0.717) is 11.3 Å². The Labute approximate surface area is 152 Å². The van der Waals surface area contributed by atoms with E-state index in [2.05, 4.69) is 15.4 Å². The molecule has 4 rings (SSSR count). The quantitative estimate of drug-likeness (QED) is 0.655. The number of nitrogens with one attached hydrogen (secondary N) is 1. The zero-order chi connectivity index (χ0) is 19.2. The smallest absolute Gasteiger partial charge is 0.324 e. The lowest BCUT2D eigenvalue weighted by atomic mass is 10.0. The van der Waals surface area contributed by atoms with Gasteiger partial charge in [0.2, 0.25) is 5.95 Å². The minimum absolute atomic E-state index is 0.0179. The molecule has 8 heteroatoms. The molecule has 0 saturated carbocycles. The number of anilines is 1. The lowest BCUT2D eigenvalue weighted by Gasteiger charge is -2.24. The van der Waals surface area contributed by atoms with Crippen LogP contribution in [0.2, 0.25) is 0 Å². The van der Waals surface area contributed by atoms with E-state index in [1.54, 1.807) is 18.2 Å². The molecule has 1 aromatic heterocycles. The van der Waals surface area contributed by atoms with E-state index in [9.17, 15) is 17.6 Å². The van der Waals surface area contributed by atoms with Gasteiger partial charge >= 0.3 is 6.18 Å². The van der Waals surface area contributed by atoms with Crippen molar-refractivity contribution in [1.82, 2.24) is 14.8 Å². The summed E-state index contributed by atoms with van der Waals surface area (Å²) in [4.78, 5) is 3.61. The van der Waals surface area contributed by atoms with E-state index in [1.165, 1.54) is 16.8 Å². The Kier molecular flexibility index (Phi) is 3.98. The van der Waals surface area contributed by atoms with Crippen molar-refractivity contribution in [2.45, 2.75) is 19.1 Å². The van der Waals surface area contributed by atoms with Gasteiger partial charge in [-0.1, -0.05) is 29.8 Å². The van der Waals surface area contributed by atoms with Crippen LogP contribution in [0.25, 0.3) is 5.70 Å². The minimum Gasteiger partial charge on any atom is -0.324 e. The predicted octanol–water partition coefficient (Wildman–Crippen LogP) is 4.80. The molecule has 0 radical (unpaired) electrons. The number of rotatable bonds is 2. The minimum atomic E-state index is -4.65. The Hall–Kier alpha value is -3.16. The average molecular weight is 374 g/mol. The van der Waals surface area contributed by atoms with Gasteiger partial charge in [-0.2, -0.15) is 18.2 Å². The molecule has 0 amide bonds. The Morgan fingerprint density at radius 3 is 2.48 bits per heavy atom. The number of hydrogen-bond donors (Lipinski definition) is 1. The van der Waals surface area contributed by atoms with Gasteiger partial charge in [-0.15, -0.1) is 5.10 Å². The SMILES string of the molecule is Cc1cccc([C@@H]2C=C(c3ccc(F)cc3)Nc3nc(C(F)(F)F)nn32)c1. The third kappa shape index (κ3) is 3.30. The van der Waals surface area contributed by atoms with Crippen LogP contribution in [0.3, 0.4) is 0 Å². The van der Waals surface area contributed by atoms with Crippen LogP contribution in [0.1, 0.15) is 28.6 Å². The second-order valence-electron chi connectivity index (χ2n) is 6.27. The monoisotopic (exact) mass is 374 g/mol. The first-order valence-corrected chi connectivity index (χ1v) is 8.16. The number of allylic oxidation sites excluding steroid dienone is 1. The summed E-state index contributed by atoms with van der Waals surface area (Å²) in [6, 6.07) is 12.5. The van der Waals surface area contributed by atoms with Crippen LogP contribution in [0, 0.1) is 12.7 Å². The van der Waals surface area contributed by atoms with Crippen LogP contribution < -0.4 is 5.32 Å². The molecular formula is C19H14F4N4. The molecule has 0 saturated heterocycles. The second kappa shape index (κ2) is 6.22. The van der Waals surface area contributed by atoms with Crippen molar-refractivity contribution in [2.24, 2.45) is 0 Å². The highest BCUT2D eigenvalue weighted by Gasteiger charge is 2.39. The number of alkyl halides is 3. The Balaban J connectivity index is 1.85. The summed E-state index contributed by atoms with van der Waals surface area (Å²) >= 11 is 0. The van der Waals surface area contributed by atoms with Crippen molar-refractivity contribution >= 4 is 11.6 Å². The van der Waals surface area contributed by atoms with Crippen molar-refractivity contribution < 1.29 is 17.6 Å². The lowest BCUT2D eigenvalue weighted by molar-refractivity contribution is -0.145. The Bertz CT molecular complexity index is 1020. The van der Waals surface area contributed by atoms with E-state index in [4.69, 9.17) is 0 Å². The van der Waals surface area contributed by atoms with Crippen LogP contribution in [0.5, 0.6) is 0 Å². The molecule has 1 atom stereocenters. The van der Waals surface area contributed by atoms with Gasteiger partial charge in [0.15, 0.2) is 0 Å². The fourth-order valence-electron chi connectivity index (χ4n) is 3.00. The van der Waals surface area contributed by atoms with Crippen LogP contribution in [0.4, 0.5) is 23.5 Å². The molecule has 4 nitrogen and oxygen atoms in total. The fourth-order valence-corrected chi connectivity index (χ4v) is 3.00. The molecule has 27 heavy (non-hydrogen) atoms. The number of benzene rings is 2. The van der Waals surface area contributed by atoms with E-state index >= 15 is 0 Å². The zero-order valence-electron chi connectivity index (χ0n) is 14.1. The third-order valence-corrected chi connectivity index (χ3v) is 4.26. The molecule has 0 spiro atoms. The first kappa shape index (κ1) is 17.3. The van der Waals surface area contributed by atoms with E-state index in [1.807, 2.05) is 31.2 Å². The molecule has 138 valence electrons. The molecule has 1 aliphatic heterocycles. The maximum Gasteiger partial charge on any atom is 0.453 e. The Morgan fingerprint density at radius 1 is 1.07 bits per heavy atom. The van der Waals surface area contributed by atoms with Crippen molar-refractivity contribution in [3.8, 4) is 0 Å². The number of hydrogen-bond acceptors (Lipinski definition) is 3. The molecule has 0 aliphatic carbocycles. The molecule has 3 aromatic rings. The number of fused-ring (bicyclic) bond motifs is 1. The van der Waals surface area contributed by atoms with Crippen LogP contribution in [-0.4, -0.2) is 14.8 Å². The van der Waals surface area contributed by atoms with Gasteiger partial charge in [-0.05, 0) is 48.4 Å². The van der Waals surface area contributed by atoms with Gasteiger partial charge in [0.25, 0.3) is 5.82 Å². The van der Waals surface area contributed by atoms with Gasteiger partial charge in [0, 0.05) is 5.70 Å². The second-order valence-corrected chi connectivity index (χ2v) is 6.27. The highest BCUT2D eigenvalue weighted by atomic mass is 19.4. The van der Waals surface area contributed by atoms with Crippen LogP contribution in [0.15, 0.2) is 54.6 Å². The van der Waals surface area contributed by atoms with Gasteiger partial charge in [-0.3, -0.25) is 0 Å². The summed E-state index contributed by atoms with van der Waals surface area (Å²) < 4.78 is 53.8. The van der Waals surface area contributed by atoms with Crippen molar-refractivity contribution in [1.29, 1.82) is 0 Å². The summed E-state index contributed by atoms with van der Waals surface area (Å²) in [6.07, 6.45) is -2.90. The normalized spacial score (nSPS) is 16.5. The summed E-state index contributed by atoms with van der Waals surface area (Å²) in [5, 5.41) is 6.53. The fraction of sp³-hybridized carbons (Fsp3) is 0.158. The zero-order valence-corrected chi connectivity index (χ0v) is 14.1. The largest absolute Gasteiger partial charge is 0.453 e. The van der Waals surface area contributed by atoms with Crippen LogP contribution in [-0.2, 0) is 6.18 Å². The molecule has 0 bridgehead atoms. The van der Waals surface area contributed by atoms with Crippen LogP contribution >= 0.6 is 0 Å². The number of aryl methyl sites for hydroxylation is 1. The number of aromatic nitrogens is 3. The van der Waals surface area contributed by atoms with E-state index in [-0.39, 0.29) is 5.95 Å². The van der Waals surface area contributed by atoms with Gasteiger partial charge in [0.05, 0.1) is 0 Å². The number of halogens is 4. The third-order valence-electron chi connectivity index (χ3n) is 4.26. The number of nitrogens with zero attached hydrogens (tertiary/aromatic N) is 3. The van der Waals surface area contributed by atoms with Gasteiger partial charge < -0.3 is 5.32 Å². The van der Waals surface area contributed by atoms with E-state index in [0.717, 1.165) is 11.1 Å². The Morgan fingerprint density at radius 2 is 1.81 bits per heavy atom. The van der Waals surface area contributed by atoms with Crippen molar-refractivity contribution in [3.05, 3.63) is 82.9 Å². The van der Waals surface area contributed by atoms with Gasteiger partial charge in [-0.25, -0.2) is 9.07 Å². The average Bonchev–Trinajstić information content (AvgIpc) is 3.06. The molecule has 2 aromatic carbocycles. The predicted molar refractivity (Wildman–Crippen MR) is 92.3 cm³/mol. The maximum atomic E-state index is 13.2. The van der Waals surface area contributed by atoms with Crippen molar-refractivity contribution in [2.75, 3.05) is 5.32 Å². The van der Waals surface area contributed by atoms with Crippen molar-refractivity contribution in [3.63, 3.8) is 0 Å². The molecule has 1 N–H and O–H groups in total. The topological polar surface area (TPSA) is 42.7 Å². The highest BCUT2D eigenvalue weighted by molar-refractivity contribution is 5.77. The molecule has 1 aliphatic rings. The molecule has 0 unspecified atom stereocenters.